The second-order valence-corrected chi connectivity index (χ2v) is 8.64. The number of ether oxygens (including phenoxy) is 1. The Kier molecular flexibility index (Phi) is 4.49. The summed E-state index contributed by atoms with van der Waals surface area (Å²) in [6.45, 7) is 1.38. The van der Waals surface area contributed by atoms with Crippen molar-refractivity contribution >= 4 is 15.9 Å². The first kappa shape index (κ1) is 18.1. The first-order chi connectivity index (χ1) is 13.0. The lowest BCUT2D eigenvalue weighted by Gasteiger charge is -2.33. The molecule has 2 aliphatic heterocycles. The van der Waals surface area contributed by atoms with Crippen molar-refractivity contribution in [3.8, 4) is 0 Å². The van der Waals surface area contributed by atoms with Gasteiger partial charge in [-0.3, -0.25) is 9.78 Å². The summed E-state index contributed by atoms with van der Waals surface area (Å²) in [5, 5.41) is 0. The van der Waals surface area contributed by atoms with Crippen molar-refractivity contribution in [2.24, 2.45) is 0 Å². The molecule has 27 heavy (non-hydrogen) atoms. The van der Waals surface area contributed by atoms with Gasteiger partial charge < -0.3 is 9.64 Å². The monoisotopic (exact) mass is 387 g/mol. The molecule has 1 saturated heterocycles. The molecule has 1 fully saturated rings. The molecule has 0 saturated carbocycles. The van der Waals surface area contributed by atoms with E-state index in [2.05, 4.69) is 4.98 Å². The molecule has 2 aromatic rings. The Morgan fingerprint density at radius 1 is 1.22 bits per heavy atom. The van der Waals surface area contributed by atoms with Gasteiger partial charge in [0, 0.05) is 44.7 Å². The molecule has 142 valence electrons. The number of benzene rings is 1. The minimum absolute atomic E-state index is 0.109. The van der Waals surface area contributed by atoms with Crippen LogP contribution in [0, 0.1) is 0 Å². The fourth-order valence-electron chi connectivity index (χ4n) is 4.14. The molecule has 3 heterocycles. The van der Waals surface area contributed by atoms with Gasteiger partial charge in [0.15, 0.2) is 0 Å². The summed E-state index contributed by atoms with van der Waals surface area (Å²) in [4.78, 5) is 18.9. The zero-order valence-corrected chi connectivity index (χ0v) is 15.9. The molecule has 1 amide bonds. The number of aromatic nitrogens is 1. The minimum Gasteiger partial charge on any atom is -0.383 e. The molecule has 1 spiro atoms. The van der Waals surface area contributed by atoms with Crippen LogP contribution >= 0.6 is 0 Å². The van der Waals surface area contributed by atoms with Gasteiger partial charge in [0.25, 0.3) is 5.91 Å². The molecule has 2 aliphatic rings. The molecule has 1 unspecified atom stereocenters. The molecule has 0 N–H and O–H groups in total. The normalized spacial score (nSPS) is 23.7. The van der Waals surface area contributed by atoms with Crippen LogP contribution in [0.5, 0.6) is 0 Å². The molecular weight excluding hydrogens is 366 g/mol. The lowest BCUT2D eigenvalue weighted by molar-refractivity contribution is 0.0754. The van der Waals surface area contributed by atoms with Crippen LogP contribution in [0.2, 0.25) is 0 Å². The second-order valence-electron chi connectivity index (χ2n) is 6.81. The van der Waals surface area contributed by atoms with Gasteiger partial charge in [0.1, 0.15) is 0 Å². The topological polar surface area (TPSA) is 79.8 Å². The summed E-state index contributed by atoms with van der Waals surface area (Å²) in [5.41, 5.74) is 0.585. The van der Waals surface area contributed by atoms with E-state index in [9.17, 15) is 13.2 Å². The fraction of sp³-hybridized carbons (Fsp3) is 0.368. The third-order valence-corrected chi connectivity index (χ3v) is 7.42. The quantitative estimate of drug-likeness (QED) is 0.794. The number of methoxy groups -OCH3 is 1. The van der Waals surface area contributed by atoms with Gasteiger partial charge in [-0.15, -0.1) is 0 Å². The number of carbonyl (C=O) groups excluding carboxylic acids is 1. The smallest absolute Gasteiger partial charge is 0.254 e. The van der Waals surface area contributed by atoms with E-state index in [0.29, 0.717) is 36.6 Å². The van der Waals surface area contributed by atoms with E-state index in [1.165, 1.54) is 4.31 Å². The maximum atomic E-state index is 13.2. The number of likely N-dealkylation sites (tertiary alicyclic amines) is 1. The van der Waals surface area contributed by atoms with Gasteiger partial charge in [-0.25, -0.2) is 8.42 Å². The summed E-state index contributed by atoms with van der Waals surface area (Å²) in [7, 11) is -2.07. The molecule has 7 nitrogen and oxygen atoms in total. The van der Waals surface area contributed by atoms with E-state index in [-0.39, 0.29) is 12.5 Å². The largest absolute Gasteiger partial charge is 0.383 e. The van der Waals surface area contributed by atoms with Crippen molar-refractivity contribution in [1.29, 1.82) is 0 Å². The van der Waals surface area contributed by atoms with Crippen LogP contribution in [0.3, 0.4) is 0 Å². The number of rotatable bonds is 4. The van der Waals surface area contributed by atoms with Crippen molar-refractivity contribution in [2.45, 2.75) is 16.9 Å². The summed E-state index contributed by atoms with van der Waals surface area (Å²) < 4.78 is 33.0. The lowest BCUT2D eigenvalue weighted by atomic mass is 9.89. The van der Waals surface area contributed by atoms with Crippen molar-refractivity contribution < 1.29 is 17.9 Å². The number of pyridine rings is 1. The highest BCUT2D eigenvalue weighted by atomic mass is 32.2. The standard InChI is InChI=1S/C19H21N3O4S/c1-26-13-12-22-19(16-4-2-3-5-17(16)27(22,24)25)8-11-21(14-19)18(23)15-6-9-20-10-7-15/h2-7,9-10H,8,11-14H2,1H3. The van der Waals surface area contributed by atoms with Crippen LogP contribution in [0.1, 0.15) is 22.3 Å². The molecule has 0 bridgehead atoms. The van der Waals surface area contributed by atoms with Gasteiger partial charge in [0.2, 0.25) is 10.0 Å². The minimum atomic E-state index is -3.62. The highest BCUT2D eigenvalue weighted by molar-refractivity contribution is 7.89. The second kappa shape index (κ2) is 6.70. The van der Waals surface area contributed by atoms with Gasteiger partial charge in [0.05, 0.1) is 17.0 Å². The molecular formula is C19H21N3O4S. The Bertz CT molecular complexity index is 964. The maximum Gasteiger partial charge on any atom is 0.254 e. The Morgan fingerprint density at radius 2 is 1.96 bits per heavy atom. The van der Waals surface area contributed by atoms with E-state index >= 15 is 0 Å². The Morgan fingerprint density at radius 3 is 2.70 bits per heavy atom. The fourth-order valence-corrected chi connectivity index (χ4v) is 6.18. The third kappa shape index (κ3) is 2.75. The summed E-state index contributed by atoms with van der Waals surface area (Å²) in [5.74, 6) is -0.109. The predicted molar refractivity (Wildman–Crippen MR) is 98.6 cm³/mol. The van der Waals surface area contributed by atoms with E-state index < -0.39 is 15.6 Å². The van der Waals surface area contributed by atoms with Crippen LogP contribution in [0.4, 0.5) is 0 Å². The first-order valence-electron chi connectivity index (χ1n) is 8.81. The number of fused-ring (bicyclic) bond motifs is 2. The van der Waals surface area contributed by atoms with Crippen molar-refractivity contribution in [2.75, 3.05) is 33.4 Å². The Balaban J connectivity index is 1.73. The number of amides is 1. The van der Waals surface area contributed by atoms with Crippen LogP contribution in [0.15, 0.2) is 53.7 Å². The van der Waals surface area contributed by atoms with E-state index in [4.69, 9.17) is 4.74 Å². The zero-order valence-electron chi connectivity index (χ0n) is 15.0. The summed E-state index contributed by atoms with van der Waals surface area (Å²) >= 11 is 0. The van der Waals surface area contributed by atoms with Gasteiger partial charge in [-0.05, 0) is 30.2 Å². The number of carbonyl (C=O) groups is 1. The highest BCUT2D eigenvalue weighted by Gasteiger charge is 2.57. The van der Waals surface area contributed by atoms with Crippen molar-refractivity contribution in [3.05, 3.63) is 59.9 Å². The molecule has 1 aromatic heterocycles. The lowest BCUT2D eigenvalue weighted by Crippen LogP contribution is -2.47. The SMILES string of the molecule is COCCN1C2(CCN(C(=O)c3ccncc3)C2)c2ccccc2S1(=O)=O. The van der Waals surface area contributed by atoms with Crippen LogP contribution < -0.4 is 0 Å². The molecule has 0 radical (unpaired) electrons. The predicted octanol–water partition coefficient (Wildman–Crippen LogP) is 1.47. The number of sulfonamides is 1. The van der Waals surface area contributed by atoms with Crippen molar-refractivity contribution in [3.63, 3.8) is 0 Å². The van der Waals surface area contributed by atoms with Crippen LogP contribution in [-0.4, -0.2) is 61.9 Å². The average Bonchev–Trinajstić information content (AvgIpc) is 3.21. The molecule has 1 atom stereocenters. The van der Waals surface area contributed by atoms with Crippen LogP contribution in [0.25, 0.3) is 0 Å². The maximum absolute atomic E-state index is 13.2. The highest BCUT2D eigenvalue weighted by Crippen LogP contribution is 2.49. The zero-order chi connectivity index (χ0) is 19.1. The van der Waals surface area contributed by atoms with Crippen molar-refractivity contribution in [1.82, 2.24) is 14.2 Å². The van der Waals surface area contributed by atoms with E-state index in [1.807, 2.05) is 12.1 Å². The molecule has 0 aliphatic carbocycles. The van der Waals surface area contributed by atoms with Gasteiger partial charge in [-0.2, -0.15) is 4.31 Å². The molecule has 4 rings (SSSR count). The van der Waals surface area contributed by atoms with Crippen LogP contribution in [-0.2, 0) is 20.3 Å². The van der Waals surface area contributed by atoms with E-state index in [0.717, 1.165) is 5.56 Å². The summed E-state index contributed by atoms with van der Waals surface area (Å²) in [6, 6.07) is 10.4. The Labute approximate surface area is 158 Å². The average molecular weight is 387 g/mol. The van der Waals surface area contributed by atoms with Gasteiger partial charge >= 0.3 is 0 Å². The third-order valence-electron chi connectivity index (χ3n) is 5.39. The number of hydrogen-bond donors (Lipinski definition) is 0. The van der Waals surface area contributed by atoms with E-state index in [1.54, 1.807) is 48.7 Å². The Hall–Kier alpha value is -2.29. The first-order valence-corrected chi connectivity index (χ1v) is 10.3. The molecule has 1 aromatic carbocycles. The van der Waals surface area contributed by atoms with Gasteiger partial charge in [-0.1, -0.05) is 18.2 Å². The summed E-state index contributed by atoms with van der Waals surface area (Å²) in [6.07, 6.45) is 3.72. The molecule has 8 heteroatoms. The number of nitrogens with zero attached hydrogens (tertiary/aromatic N) is 3. The number of hydrogen-bond acceptors (Lipinski definition) is 5.